The van der Waals surface area contributed by atoms with Gasteiger partial charge in [0.15, 0.2) is 0 Å². The van der Waals surface area contributed by atoms with Crippen molar-refractivity contribution >= 4 is 16.6 Å². The molecular formula is C21H30N4O. The summed E-state index contributed by atoms with van der Waals surface area (Å²) in [7, 11) is 0. The topological polar surface area (TPSA) is 41.4 Å². The largest absolute Gasteiger partial charge is 0.369 e. The maximum Gasteiger partial charge on any atom is 0.261 e. The van der Waals surface area contributed by atoms with E-state index in [0.29, 0.717) is 5.39 Å². The van der Waals surface area contributed by atoms with Crippen molar-refractivity contribution in [3.8, 4) is 0 Å². The fourth-order valence-corrected chi connectivity index (χ4v) is 4.43. The molecule has 2 heterocycles. The number of benzene rings is 1. The van der Waals surface area contributed by atoms with Gasteiger partial charge in [0, 0.05) is 44.5 Å². The Balaban J connectivity index is 1.46. The van der Waals surface area contributed by atoms with Crippen LogP contribution in [0, 0.1) is 5.92 Å². The molecule has 0 amide bonds. The molecule has 26 heavy (non-hydrogen) atoms. The van der Waals surface area contributed by atoms with Crippen LogP contribution in [0.25, 0.3) is 10.9 Å². The Morgan fingerprint density at radius 2 is 1.85 bits per heavy atom. The molecular weight excluding hydrogens is 324 g/mol. The predicted molar refractivity (Wildman–Crippen MR) is 107 cm³/mol. The van der Waals surface area contributed by atoms with Gasteiger partial charge in [0.2, 0.25) is 0 Å². The van der Waals surface area contributed by atoms with Gasteiger partial charge in [-0.2, -0.15) is 0 Å². The molecule has 1 aliphatic carbocycles. The molecule has 0 unspecified atom stereocenters. The zero-order valence-electron chi connectivity index (χ0n) is 16.0. The van der Waals surface area contributed by atoms with E-state index in [-0.39, 0.29) is 11.6 Å². The first kappa shape index (κ1) is 17.5. The first-order valence-corrected chi connectivity index (χ1v) is 10.1. The fraction of sp³-hybridized carbons (Fsp3) is 0.619. The van der Waals surface area contributed by atoms with Gasteiger partial charge in [0.05, 0.1) is 17.2 Å². The minimum absolute atomic E-state index is 0.0536. The van der Waals surface area contributed by atoms with E-state index in [9.17, 15) is 4.79 Å². The van der Waals surface area contributed by atoms with Crippen molar-refractivity contribution in [3.05, 3.63) is 34.9 Å². The highest BCUT2D eigenvalue weighted by Crippen LogP contribution is 2.26. The average molecular weight is 354 g/mol. The second-order valence-corrected chi connectivity index (χ2v) is 8.19. The van der Waals surface area contributed by atoms with E-state index >= 15 is 0 Å². The monoisotopic (exact) mass is 354 g/mol. The molecule has 1 saturated heterocycles. The van der Waals surface area contributed by atoms with Crippen molar-refractivity contribution in [1.29, 1.82) is 0 Å². The lowest BCUT2D eigenvalue weighted by Gasteiger charge is -2.37. The smallest absolute Gasteiger partial charge is 0.261 e. The lowest BCUT2D eigenvalue weighted by atomic mass is 10.1. The van der Waals surface area contributed by atoms with Crippen molar-refractivity contribution in [3.63, 3.8) is 0 Å². The number of fused-ring (bicyclic) bond motifs is 1. The minimum atomic E-state index is 0.0536. The SMILES string of the molecule is CC(C)n1cnc2cc(N3CCN(CC4CCCC4)CC3)ccc2c1=O. The molecule has 5 heteroatoms. The molecule has 2 fully saturated rings. The van der Waals surface area contributed by atoms with E-state index in [1.54, 1.807) is 10.9 Å². The molecule has 0 spiro atoms. The lowest BCUT2D eigenvalue weighted by molar-refractivity contribution is 0.220. The summed E-state index contributed by atoms with van der Waals surface area (Å²) in [5.41, 5.74) is 2.04. The number of anilines is 1. The van der Waals surface area contributed by atoms with Crippen molar-refractivity contribution in [1.82, 2.24) is 14.5 Å². The molecule has 1 saturated carbocycles. The highest BCUT2D eigenvalue weighted by atomic mass is 16.1. The van der Waals surface area contributed by atoms with Crippen molar-refractivity contribution in [2.45, 2.75) is 45.6 Å². The van der Waals surface area contributed by atoms with Gasteiger partial charge >= 0.3 is 0 Å². The summed E-state index contributed by atoms with van der Waals surface area (Å²) in [5, 5.41) is 0.713. The molecule has 0 N–H and O–H groups in total. The fourth-order valence-electron chi connectivity index (χ4n) is 4.43. The molecule has 2 aliphatic rings. The quantitative estimate of drug-likeness (QED) is 0.845. The molecule has 1 aliphatic heterocycles. The van der Waals surface area contributed by atoms with Gasteiger partial charge in [-0.25, -0.2) is 4.98 Å². The predicted octanol–water partition coefficient (Wildman–Crippen LogP) is 3.29. The van der Waals surface area contributed by atoms with Crippen molar-refractivity contribution in [2.75, 3.05) is 37.6 Å². The normalized spacial score (nSPS) is 19.7. The van der Waals surface area contributed by atoms with Crippen molar-refractivity contribution < 1.29 is 0 Å². The second-order valence-electron chi connectivity index (χ2n) is 8.19. The lowest BCUT2D eigenvalue weighted by Crippen LogP contribution is -2.47. The van der Waals surface area contributed by atoms with Crippen LogP contribution < -0.4 is 10.5 Å². The number of nitrogens with zero attached hydrogens (tertiary/aromatic N) is 4. The number of piperazine rings is 1. The molecule has 0 radical (unpaired) electrons. The first-order chi connectivity index (χ1) is 12.6. The standard InChI is InChI=1S/C21H30N4O/c1-16(2)25-15-22-20-13-18(7-8-19(20)21(25)26)24-11-9-23(10-12-24)14-17-5-3-4-6-17/h7-8,13,15-17H,3-6,9-12,14H2,1-2H3. The third kappa shape index (κ3) is 3.50. The molecule has 0 atom stereocenters. The van der Waals surface area contributed by atoms with Crippen LogP contribution in [0.4, 0.5) is 5.69 Å². The Hall–Kier alpha value is -1.88. The Bertz CT molecular complexity index is 814. The van der Waals surface area contributed by atoms with E-state index < -0.39 is 0 Å². The van der Waals surface area contributed by atoms with Crippen LogP contribution in [0.2, 0.25) is 0 Å². The number of hydrogen-bond donors (Lipinski definition) is 0. The van der Waals surface area contributed by atoms with E-state index in [0.717, 1.165) is 37.6 Å². The zero-order chi connectivity index (χ0) is 18.1. The summed E-state index contributed by atoms with van der Waals surface area (Å²) in [4.78, 5) is 22.2. The molecule has 0 bridgehead atoms. The van der Waals surface area contributed by atoms with Crippen LogP contribution in [-0.4, -0.2) is 47.2 Å². The first-order valence-electron chi connectivity index (χ1n) is 10.1. The van der Waals surface area contributed by atoms with Gasteiger partial charge in [-0.05, 0) is 50.8 Å². The Labute approximate surface area is 155 Å². The summed E-state index contributed by atoms with van der Waals surface area (Å²) in [6, 6.07) is 6.24. The summed E-state index contributed by atoms with van der Waals surface area (Å²) < 4.78 is 1.70. The number of hydrogen-bond acceptors (Lipinski definition) is 4. The van der Waals surface area contributed by atoms with Gasteiger partial charge in [-0.1, -0.05) is 12.8 Å². The molecule has 5 nitrogen and oxygen atoms in total. The Morgan fingerprint density at radius 1 is 1.12 bits per heavy atom. The second kappa shape index (κ2) is 7.39. The van der Waals surface area contributed by atoms with Gasteiger partial charge in [-0.3, -0.25) is 14.3 Å². The van der Waals surface area contributed by atoms with E-state index in [1.807, 2.05) is 19.9 Å². The summed E-state index contributed by atoms with van der Waals surface area (Å²) in [6.07, 6.45) is 7.37. The van der Waals surface area contributed by atoms with E-state index in [2.05, 4.69) is 26.9 Å². The Morgan fingerprint density at radius 3 is 2.54 bits per heavy atom. The maximum atomic E-state index is 12.6. The van der Waals surface area contributed by atoms with Gasteiger partial charge in [0.1, 0.15) is 0 Å². The van der Waals surface area contributed by atoms with Crippen LogP contribution in [-0.2, 0) is 0 Å². The molecule has 4 rings (SSSR count). The Kier molecular flexibility index (Phi) is 4.98. The third-order valence-corrected chi connectivity index (χ3v) is 6.05. The van der Waals surface area contributed by atoms with Gasteiger partial charge < -0.3 is 4.90 Å². The molecule has 1 aromatic carbocycles. The zero-order valence-corrected chi connectivity index (χ0v) is 16.0. The van der Waals surface area contributed by atoms with Gasteiger partial charge in [-0.15, -0.1) is 0 Å². The number of rotatable bonds is 4. The average Bonchev–Trinajstić information content (AvgIpc) is 3.15. The number of aromatic nitrogens is 2. The van der Waals surface area contributed by atoms with E-state index in [1.165, 1.54) is 37.9 Å². The van der Waals surface area contributed by atoms with Crippen LogP contribution in [0.5, 0.6) is 0 Å². The minimum Gasteiger partial charge on any atom is -0.369 e. The summed E-state index contributed by atoms with van der Waals surface area (Å²) >= 11 is 0. The molecule has 2 aromatic rings. The van der Waals surface area contributed by atoms with Crippen molar-refractivity contribution in [2.24, 2.45) is 5.92 Å². The summed E-state index contributed by atoms with van der Waals surface area (Å²) in [6.45, 7) is 9.68. The van der Waals surface area contributed by atoms with Crippen LogP contribution >= 0.6 is 0 Å². The summed E-state index contributed by atoms with van der Waals surface area (Å²) in [5.74, 6) is 0.926. The molecule has 1 aromatic heterocycles. The van der Waals surface area contributed by atoms with Crippen LogP contribution in [0.3, 0.4) is 0 Å². The van der Waals surface area contributed by atoms with Gasteiger partial charge in [0.25, 0.3) is 5.56 Å². The van der Waals surface area contributed by atoms with Crippen LogP contribution in [0.1, 0.15) is 45.6 Å². The van der Waals surface area contributed by atoms with Crippen LogP contribution in [0.15, 0.2) is 29.3 Å². The highest BCUT2D eigenvalue weighted by Gasteiger charge is 2.22. The highest BCUT2D eigenvalue weighted by molar-refractivity contribution is 5.81. The van der Waals surface area contributed by atoms with E-state index in [4.69, 9.17) is 0 Å². The third-order valence-electron chi connectivity index (χ3n) is 6.05. The maximum absolute atomic E-state index is 12.6. The molecule has 140 valence electrons.